The number of nitrogens with zero attached hydrogens (tertiary/aromatic N) is 6. The van der Waals surface area contributed by atoms with Crippen molar-refractivity contribution in [3.8, 4) is 39.8 Å². The lowest BCUT2D eigenvalue weighted by Crippen LogP contribution is -2.11. The Hall–Kier alpha value is -3.63. The molecule has 0 saturated heterocycles. The van der Waals surface area contributed by atoms with E-state index in [-0.39, 0.29) is 11.6 Å². The van der Waals surface area contributed by atoms with Crippen molar-refractivity contribution in [3.05, 3.63) is 110 Å². The molecule has 246 valence electrons. The first-order valence-electron chi connectivity index (χ1n) is 14.8. The van der Waals surface area contributed by atoms with Gasteiger partial charge in [-0.15, -0.1) is 28.6 Å². The van der Waals surface area contributed by atoms with Crippen molar-refractivity contribution in [2.24, 2.45) is 0 Å². The molecular formula is C35H26Br2N6O2S4. The van der Waals surface area contributed by atoms with Crippen LogP contribution < -0.4 is 4.74 Å². The molecule has 0 aliphatic carbocycles. The quantitative estimate of drug-likeness (QED) is 0.0851. The Morgan fingerprint density at radius 1 is 0.714 bits per heavy atom. The molecule has 0 bridgehead atoms. The molecule has 8 nitrogen and oxygen atoms in total. The molecule has 6 rings (SSSR count). The summed E-state index contributed by atoms with van der Waals surface area (Å²) in [5, 5.41) is 10.9. The summed E-state index contributed by atoms with van der Waals surface area (Å²) in [5.41, 5.74) is 3.23. The summed E-state index contributed by atoms with van der Waals surface area (Å²) >= 11 is 13.3. The minimum atomic E-state index is -0.682. The van der Waals surface area contributed by atoms with Gasteiger partial charge in [-0.1, -0.05) is 98.6 Å². The predicted molar refractivity (Wildman–Crippen MR) is 206 cm³/mol. The van der Waals surface area contributed by atoms with Gasteiger partial charge in [-0.2, -0.15) is 5.10 Å². The summed E-state index contributed by atoms with van der Waals surface area (Å²) in [5.74, 6) is 12.2. The fourth-order valence-electron chi connectivity index (χ4n) is 4.07. The molecule has 0 fully saturated rings. The van der Waals surface area contributed by atoms with Crippen LogP contribution in [0.3, 0.4) is 0 Å². The molecule has 0 N–H and O–H groups in total. The van der Waals surface area contributed by atoms with Gasteiger partial charge >= 0.3 is 5.97 Å². The number of esters is 1. The predicted octanol–water partition coefficient (Wildman–Crippen LogP) is 9.52. The second-order valence-electron chi connectivity index (χ2n) is 10.7. The smallest absolute Gasteiger partial charge is 0.366 e. The summed E-state index contributed by atoms with van der Waals surface area (Å²) in [4.78, 5) is 22.9. The van der Waals surface area contributed by atoms with E-state index in [2.05, 4.69) is 93.4 Å². The Morgan fingerprint density at radius 3 is 1.67 bits per heavy atom. The van der Waals surface area contributed by atoms with E-state index in [0.717, 1.165) is 19.5 Å². The second-order valence-corrected chi connectivity index (χ2v) is 18.1. The lowest BCUT2D eigenvalue weighted by molar-refractivity contribution is 0.0718. The number of benzene rings is 2. The van der Waals surface area contributed by atoms with E-state index in [1.807, 2.05) is 60.7 Å². The Bertz CT molecular complexity index is 2240. The van der Waals surface area contributed by atoms with Gasteiger partial charge in [0.05, 0.1) is 19.1 Å². The number of aromatic nitrogens is 6. The minimum absolute atomic E-state index is 0.0787. The average Bonchev–Trinajstić information content (AvgIpc) is 3.85. The summed E-state index contributed by atoms with van der Waals surface area (Å²) in [7, 11) is 0. The van der Waals surface area contributed by atoms with Gasteiger partial charge < -0.3 is 4.74 Å². The van der Waals surface area contributed by atoms with E-state index < -0.39 is 5.97 Å². The van der Waals surface area contributed by atoms with Gasteiger partial charge in [-0.25, -0.2) is 24.1 Å². The molecule has 0 atom stereocenters. The summed E-state index contributed by atoms with van der Waals surface area (Å²) in [6.45, 7) is 8.48. The van der Waals surface area contributed by atoms with Gasteiger partial charge in [0.25, 0.3) is 5.88 Å². The number of hydrogen-bond donors (Lipinski definition) is 0. The molecule has 4 aromatic heterocycles. The van der Waals surface area contributed by atoms with Gasteiger partial charge in [-0.3, -0.25) is 0 Å². The number of thioether (sulfide) groups is 2. The van der Waals surface area contributed by atoms with Crippen LogP contribution in [0.25, 0.3) is 10.3 Å². The van der Waals surface area contributed by atoms with Crippen molar-refractivity contribution in [1.29, 1.82) is 0 Å². The standard InChI is InChI=1S/C35H26Br2N6O2S4/c1-21(2)46-32-27(17-15-23-11-7-5-8-12-23)38-34(48-32)42-19-25(36)29(40-42)31(44)45-30-26(37)20-43(41-30)35-39-28(33(49-35)47-22(3)4)18-16-24-13-9-6-10-14-24/h5-14,19-22H,1-4H3. The summed E-state index contributed by atoms with van der Waals surface area (Å²) in [6.07, 6.45) is 3.39. The monoisotopic (exact) mass is 848 g/mol. The number of carbonyl (C=O) groups excluding carboxylic acids is 1. The van der Waals surface area contributed by atoms with Crippen molar-refractivity contribution in [2.75, 3.05) is 0 Å². The van der Waals surface area contributed by atoms with Crippen molar-refractivity contribution in [2.45, 2.75) is 46.6 Å². The highest BCUT2D eigenvalue weighted by Crippen LogP contribution is 2.36. The molecule has 4 heterocycles. The number of ether oxygens (including phenoxy) is 1. The van der Waals surface area contributed by atoms with Crippen LogP contribution in [0, 0.1) is 23.7 Å². The molecular weight excluding hydrogens is 825 g/mol. The van der Waals surface area contributed by atoms with E-state index in [1.54, 1.807) is 45.3 Å². The van der Waals surface area contributed by atoms with E-state index in [1.165, 1.54) is 22.7 Å². The Morgan fingerprint density at radius 2 is 1.18 bits per heavy atom. The maximum absolute atomic E-state index is 13.4. The Balaban J connectivity index is 1.23. The number of halogens is 2. The largest absolute Gasteiger partial charge is 0.400 e. The molecule has 6 aromatic rings. The van der Waals surface area contributed by atoms with E-state index in [4.69, 9.17) is 14.7 Å². The molecule has 0 aliphatic rings. The van der Waals surface area contributed by atoms with Crippen LogP contribution >= 0.6 is 78.1 Å². The molecule has 0 aliphatic heterocycles. The first-order chi connectivity index (χ1) is 23.6. The molecule has 0 amide bonds. The highest BCUT2D eigenvalue weighted by atomic mass is 79.9. The molecule has 49 heavy (non-hydrogen) atoms. The van der Waals surface area contributed by atoms with Gasteiger partial charge in [-0.05, 0) is 68.0 Å². The Labute approximate surface area is 317 Å². The number of hydrogen-bond acceptors (Lipinski definition) is 10. The first kappa shape index (κ1) is 35.2. The number of thiazole rings is 2. The van der Waals surface area contributed by atoms with Crippen LogP contribution in [0.4, 0.5) is 0 Å². The van der Waals surface area contributed by atoms with Crippen LogP contribution in [-0.4, -0.2) is 46.0 Å². The number of carbonyl (C=O) groups is 1. The third-order valence-corrected chi connectivity index (χ3v) is 11.8. The molecule has 0 saturated carbocycles. The zero-order valence-corrected chi connectivity index (χ0v) is 32.9. The minimum Gasteiger partial charge on any atom is -0.400 e. The van der Waals surface area contributed by atoms with Gasteiger partial charge in [0.1, 0.15) is 15.9 Å². The van der Waals surface area contributed by atoms with Crippen LogP contribution in [0.15, 0.2) is 90.4 Å². The van der Waals surface area contributed by atoms with Crippen LogP contribution in [0.2, 0.25) is 0 Å². The van der Waals surface area contributed by atoms with Crippen molar-refractivity contribution in [3.63, 3.8) is 0 Å². The Kier molecular flexibility index (Phi) is 11.4. The molecule has 0 radical (unpaired) electrons. The van der Waals surface area contributed by atoms with Crippen molar-refractivity contribution < 1.29 is 9.53 Å². The highest BCUT2D eigenvalue weighted by Gasteiger charge is 2.24. The zero-order valence-electron chi connectivity index (χ0n) is 26.5. The van der Waals surface area contributed by atoms with E-state index >= 15 is 0 Å². The van der Waals surface area contributed by atoms with Gasteiger partial charge in [0.15, 0.2) is 5.69 Å². The van der Waals surface area contributed by atoms with Crippen LogP contribution in [0.1, 0.15) is 60.7 Å². The fraction of sp³-hybridized carbons (Fsp3) is 0.171. The average molecular weight is 851 g/mol. The lowest BCUT2D eigenvalue weighted by Gasteiger charge is -2.00. The molecule has 0 unspecified atom stereocenters. The maximum Gasteiger partial charge on any atom is 0.366 e. The van der Waals surface area contributed by atoms with E-state index in [0.29, 0.717) is 41.1 Å². The summed E-state index contributed by atoms with van der Waals surface area (Å²) in [6, 6.07) is 19.6. The van der Waals surface area contributed by atoms with Crippen LogP contribution in [-0.2, 0) is 0 Å². The lowest BCUT2D eigenvalue weighted by atomic mass is 10.2. The van der Waals surface area contributed by atoms with Gasteiger partial charge in [0, 0.05) is 27.8 Å². The fourth-order valence-corrected chi connectivity index (χ4v) is 9.48. The topological polar surface area (TPSA) is 87.7 Å². The number of rotatable bonds is 8. The highest BCUT2D eigenvalue weighted by molar-refractivity contribution is 9.10. The third kappa shape index (κ3) is 8.94. The normalized spacial score (nSPS) is 10.9. The SMILES string of the molecule is CC(C)Sc1sc(-n2cc(Br)c(OC(=O)c3nn(-c4nc(C#Cc5ccccc5)c(SC(C)C)s4)cc3Br)n2)nc1C#Cc1ccccc1. The first-order valence-corrected chi connectivity index (χ1v) is 19.8. The maximum atomic E-state index is 13.4. The van der Waals surface area contributed by atoms with Gasteiger partial charge in [0.2, 0.25) is 10.3 Å². The third-order valence-electron chi connectivity index (χ3n) is 6.14. The van der Waals surface area contributed by atoms with E-state index in [9.17, 15) is 4.79 Å². The van der Waals surface area contributed by atoms with Crippen LogP contribution in [0.5, 0.6) is 5.88 Å². The molecule has 2 aromatic carbocycles. The van der Waals surface area contributed by atoms with Crippen molar-refractivity contribution in [1.82, 2.24) is 29.5 Å². The molecule has 14 heteroatoms. The zero-order chi connectivity index (χ0) is 34.5. The molecule has 0 spiro atoms. The second kappa shape index (κ2) is 15.9. The summed E-state index contributed by atoms with van der Waals surface area (Å²) < 4.78 is 11.7. The van der Waals surface area contributed by atoms with Crippen molar-refractivity contribution >= 4 is 84.0 Å².